The minimum atomic E-state index is -2.28. The van der Waals surface area contributed by atoms with Gasteiger partial charge >= 0.3 is 7.19 Å². The van der Waals surface area contributed by atoms with E-state index in [1.165, 1.54) is 36.4 Å². The average molecular weight is 391 g/mol. The largest absolute Gasteiger partial charge is 0.608 e. The lowest BCUT2D eigenvalue weighted by atomic mass is 9.80. The number of para-hydroxylation sites is 1. The van der Waals surface area contributed by atoms with Crippen LogP contribution in [-0.4, -0.2) is 28.8 Å². The van der Waals surface area contributed by atoms with E-state index in [0.717, 1.165) is 12.1 Å². The molecule has 0 bridgehead atoms. The molecule has 4 rings (SSSR count). The monoisotopic (exact) mass is 391 g/mol. The first-order valence-electron chi connectivity index (χ1n) is 8.48. The van der Waals surface area contributed by atoms with Crippen LogP contribution in [-0.2, 0) is 0 Å². The van der Waals surface area contributed by atoms with Gasteiger partial charge in [0.25, 0.3) is 5.69 Å². The van der Waals surface area contributed by atoms with E-state index in [-0.39, 0.29) is 27.7 Å². The van der Waals surface area contributed by atoms with E-state index in [9.17, 15) is 29.1 Å². The molecule has 7 nitrogen and oxygen atoms in total. The van der Waals surface area contributed by atoms with Gasteiger partial charge in [0.1, 0.15) is 5.75 Å². The van der Waals surface area contributed by atoms with Crippen molar-refractivity contribution in [2.24, 2.45) is 0 Å². The Kier molecular flexibility index (Phi) is 4.35. The highest BCUT2D eigenvalue weighted by molar-refractivity contribution is 6.63. The van der Waals surface area contributed by atoms with Gasteiger partial charge in [0.15, 0.2) is 17.3 Å². The highest BCUT2D eigenvalue weighted by Gasteiger charge is 2.35. The molecule has 0 unspecified atom stereocenters. The molecule has 0 amide bonds. The van der Waals surface area contributed by atoms with Crippen molar-refractivity contribution in [3.63, 3.8) is 0 Å². The molecule has 9 heteroatoms. The maximum Gasteiger partial charge on any atom is 0.608 e. The van der Waals surface area contributed by atoms with Crippen molar-refractivity contribution in [1.82, 2.24) is 0 Å². The van der Waals surface area contributed by atoms with Crippen molar-refractivity contribution in [2.75, 3.05) is 0 Å². The average Bonchev–Trinajstić information content (AvgIpc) is 2.73. The fourth-order valence-corrected chi connectivity index (χ4v) is 3.27. The van der Waals surface area contributed by atoms with E-state index in [2.05, 4.69) is 0 Å². The van der Waals surface area contributed by atoms with Crippen molar-refractivity contribution >= 4 is 29.9 Å². The molecule has 3 aromatic carbocycles. The number of aromatic hydroxyl groups is 1. The van der Waals surface area contributed by atoms with Gasteiger partial charge in [-0.25, -0.2) is 0 Å². The maximum absolute atomic E-state index is 14.7. The second-order valence-electron chi connectivity index (χ2n) is 6.29. The molecule has 1 N–H and O–H groups in total. The topological polar surface area (TPSA) is 107 Å². The van der Waals surface area contributed by atoms with Gasteiger partial charge in [-0.05, 0) is 12.1 Å². The minimum Gasteiger partial charge on any atom is -0.526 e. The Balaban J connectivity index is 1.74. The summed E-state index contributed by atoms with van der Waals surface area (Å²) in [6, 6.07) is 13.7. The summed E-state index contributed by atoms with van der Waals surface area (Å²) in [5.74, 6) is -2.15. The molecule has 1 aliphatic rings. The number of phenolic OH excluding ortho intramolecular Hbond substituents is 1. The van der Waals surface area contributed by atoms with E-state index >= 15 is 0 Å². The third kappa shape index (κ3) is 2.93. The van der Waals surface area contributed by atoms with Crippen LogP contribution in [0.15, 0.2) is 60.7 Å². The number of fused-ring (bicyclic) bond motifs is 2. The van der Waals surface area contributed by atoms with E-state index in [4.69, 9.17) is 4.65 Å². The van der Waals surface area contributed by atoms with Crippen molar-refractivity contribution in [2.45, 2.75) is 0 Å². The fourth-order valence-electron chi connectivity index (χ4n) is 3.27. The zero-order valence-corrected chi connectivity index (χ0v) is 14.7. The highest BCUT2D eigenvalue weighted by atomic mass is 19.1. The molecular formula is C20H11BFNO6. The van der Waals surface area contributed by atoms with Crippen LogP contribution in [0, 0.1) is 10.1 Å². The number of rotatable bonds is 4. The molecule has 0 aliphatic heterocycles. The predicted molar refractivity (Wildman–Crippen MR) is 102 cm³/mol. The van der Waals surface area contributed by atoms with Crippen molar-refractivity contribution in [1.29, 1.82) is 0 Å². The fraction of sp³-hybridized carbons (Fsp3) is 0. The standard InChI is InChI=1S/C20H11BFNO6/c22-21(14-7-3-4-8-15(14)23(27)28)29-16-10-9-13-17(20(16)26)19(25)12-6-2-1-5-11(12)18(13)24/h1-10,26H. The first-order chi connectivity index (χ1) is 13.9. The summed E-state index contributed by atoms with van der Waals surface area (Å²) < 4.78 is 19.8. The Morgan fingerprint density at radius 1 is 0.897 bits per heavy atom. The smallest absolute Gasteiger partial charge is 0.526 e. The van der Waals surface area contributed by atoms with Gasteiger partial charge in [0.05, 0.1) is 15.9 Å². The molecule has 0 heterocycles. The Labute approximate surface area is 163 Å². The zero-order chi connectivity index (χ0) is 20.7. The number of hydrogen-bond donors (Lipinski definition) is 1. The second-order valence-corrected chi connectivity index (χ2v) is 6.29. The molecule has 0 fully saturated rings. The molecule has 0 atom stereocenters. The third-order valence-electron chi connectivity index (χ3n) is 4.64. The first-order valence-corrected chi connectivity index (χ1v) is 8.48. The zero-order valence-electron chi connectivity index (χ0n) is 14.7. The van der Waals surface area contributed by atoms with Crippen LogP contribution in [0.4, 0.5) is 10.0 Å². The summed E-state index contributed by atoms with van der Waals surface area (Å²) in [6.07, 6.45) is 0. The number of carbonyl (C=O) groups is 2. The Morgan fingerprint density at radius 2 is 1.52 bits per heavy atom. The van der Waals surface area contributed by atoms with Crippen LogP contribution in [0.5, 0.6) is 11.5 Å². The Hall–Kier alpha value is -4.01. The van der Waals surface area contributed by atoms with Crippen LogP contribution in [0.25, 0.3) is 0 Å². The second kappa shape index (κ2) is 6.86. The number of hydrogen-bond acceptors (Lipinski definition) is 6. The molecule has 0 saturated heterocycles. The van der Waals surface area contributed by atoms with Crippen molar-refractivity contribution < 1.29 is 28.6 Å². The quantitative estimate of drug-likeness (QED) is 0.326. The van der Waals surface area contributed by atoms with Crippen molar-refractivity contribution in [3.05, 3.63) is 93.0 Å². The van der Waals surface area contributed by atoms with Gasteiger partial charge in [-0.2, -0.15) is 0 Å². The number of ketones is 2. The molecule has 142 valence electrons. The number of nitro benzene ring substituents is 1. The molecule has 3 aromatic rings. The van der Waals surface area contributed by atoms with Crippen LogP contribution in [0.2, 0.25) is 0 Å². The van der Waals surface area contributed by atoms with Gasteiger partial charge in [-0.15, -0.1) is 0 Å². The van der Waals surface area contributed by atoms with Crippen LogP contribution in [0.1, 0.15) is 31.8 Å². The van der Waals surface area contributed by atoms with E-state index in [0.29, 0.717) is 0 Å². The molecule has 0 saturated carbocycles. The molecular weight excluding hydrogens is 380 g/mol. The summed E-state index contributed by atoms with van der Waals surface area (Å²) >= 11 is 0. The van der Waals surface area contributed by atoms with Crippen LogP contribution < -0.4 is 10.1 Å². The molecule has 0 aromatic heterocycles. The summed E-state index contributed by atoms with van der Waals surface area (Å²) in [4.78, 5) is 35.7. The Morgan fingerprint density at radius 3 is 2.21 bits per heavy atom. The SMILES string of the molecule is O=C1c2ccccc2C(=O)c2c1ccc(OB(F)c1ccccc1[N+](=O)[O-])c2O. The number of phenols is 1. The minimum absolute atomic E-state index is 0.0281. The van der Waals surface area contributed by atoms with Gasteiger partial charge in [-0.1, -0.05) is 42.5 Å². The van der Waals surface area contributed by atoms with Gasteiger partial charge in [-0.3, -0.25) is 24.0 Å². The van der Waals surface area contributed by atoms with E-state index < -0.39 is 40.9 Å². The molecule has 1 aliphatic carbocycles. The Bertz CT molecular complexity index is 1200. The highest BCUT2D eigenvalue weighted by Crippen LogP contribution is 2.38. The van der Waals surface area contributed by atoms with Gasteiger partial charge < -0.3 is 9.76 Å². The first kappa shape index (κ1) is 18.4. The van der Waals surface area contributed by atoms with Gasteiger partial charge in [0.2, 0.25) is 0 Å². The summed E-state index contributed by atoms with van der Waals surface area (Å²) in [5, 5.41) is 21.6. The van der Waals surface area contributed by atoms with E-state index in [1.807, 2.05) is 0 Å². The summed E-state index contributed by atoms with van der Waals surface area (Å²) in [7, 11) is -2.28. The number of benzene rings is 3. The lowest BCUT2D eigenvalue weighted by Crippen LogP contribution is -2.34. The lowest BCUT2D eigenvalue weighted by molar-refractivity contribution is -0.383. The molecule has 0 spiro atoms. The number of nitrogens with zero attached hydrogens (tertiary/aromatic N) is 1. The van der Waals surface area contributed by atoms with E-state index in [1.54, 1.807) is 12.1 Å². The van der Waals surface area contributed by atoms with Crippen LogP contribution in [0.3, 0.4) is 0 Å². The third-order valence-corrected chi connectivity index (χ3v) is 4.64. The van der Waals surface area contributed by atoms with Gasteiger partial charge in [0, 0.05) is 22.8 Å². The van der Waals surface area contributed by atoms with Crippen LogP contribution >= 0.6 is 0 Å². The predicted octanol–water partition coefficient (Wildman–Crippen LogP) is 2.82. The number of halogens is 1. The molecule has 29 heavy (non-hydrogen) atoms. The van der Waals surface area contributed by atoms with Crippen molar-refractivity contribution in [3.8, 4) is 11.5 Å². The molecule has 0 radical (unpaired) electrons. The number of carbonyl (C=O) groups excluding carboxylic acids is 2. The lowest BCUT2D eigenvalue weighted by Gasteiger charge is -2.20. The normalized spacial score (nSPS) is 12.2. The summed E-state index contributed by atoms with van der Waals surface area (Å²) in [5.41, 5.74) is -0.824. The summed E-state index contributed by atoms with van der Waals surface area (Å²) in [6.45, 7) is 0. The number of nitro groups is 1. The maximum atomic E-state index is 14.7.